The first-order valence-corrected chi connectivity index (χ1v) is 8.08. The van der Waals surface area contributed by atoms with Crippen LogP contribution in [0.1, 0.15) is 15.9 Å². The second-order valence-electron chi connectivity index (χ2n) is 4.99. The van der Waals surface area contributed by atoms with Crippen molar-refractivity contribution in [1.82, 2.24) is 10.2 Å². The summed E-state index contributed by atoms with van der Waals surface area (Å²) in [5.41, 5.74) is 1.10. The molecule has 0 aromatic heterocycles. The highest BCUT2D eigenvalue weighted by Crippen LogP contribution is 2.21. The van der Waals surface area contributed by atoms with Crippen LogP contribution in [0.15, 0.2) is 58.7 Å². The Hall–Kier alpha value is -2.38. The Bertz CT molecular complexity index is 863. The quantitative estimate of drug-likeness (QED) is 0.615. The number of hydrogen-bond acceptors (Lipinski definition) is 3. The standard InChI is InChI=1S/C17H10BrFN2O2S/c18-12-5-1-10(2-6-12)9-14-15(22)20-17(24)21(14)16(23)11-3-7-13(19)8-4-11/h1-9H,(H,20,22,24)/b14-9-. The Balaban J connectivity index is 1.99. The van der Waals surface area contributed by atoms with Crippen LogP contribution in [0.3, 0.4) is 0 Å². The Morgan fingerprint density at radius 1 is 1.12 bits per heavy atom. The Morgan fingerprint density at radius 3 is 2.38 bits per heavy atom. The van der Waals surface area contributed by atoms with Crippen molar-refractivity contribution in [2.45, 2.75) is 0 Å². The minimum absolute atomic E-state index is 0.00214. The van der Waals surface area contributed by atoms with Crippen LogP contribution in [0.25, 0.3) is 6.08 Å². The summed E-state index contributed by atoms with van der Waals surface area (Å²) in [5.74, 6) is -1.41. The van der Waals surface area contributed by atoms with Crippen molar-refractivity contribution in [2.24, 2.45) is 0 Å². The predicted octanol–water partition coefficient (Wildman–Crippen LogP) is 3.49. The first kappa shape index (κ1) is 16.5. The van der Waals surface area contributed by atoms with Gasteiger partial charge in [0.2, 0.25) is 0 Å². The van der Waals surface area contributed by atoms with Crippen LogP contribution in [0.2, 0.25) is 0 Å². The first-order chi connectivity index (χ1) is 11.5. The minimum atomic E-state index is -0.498. The lowest BCUT2D eigenvalue weighted by molar-refractivity contribution is -0.115. The van der Waals surface area contributed by atoms with Crippen LogP contribution in [-0.4, -0.2) is 21.8 Å². The average molecular weight is 405 g/mol. The van der Waals surface area contributed by atoms with E-state index >= 15 is 0 Å². The number of thiocarbonyl (C=S) groups is 1. The SMILES string of the molecule is O=C1NC(=S)N(C(=O)c2ccc(F)cc2)/C1=C\c1ccc(Br)cc1. The Labute approximate surface area is 151 Å². The van der Waals surface area contributed by atoms with Gasteiger partial charge in [-0.1, -0.05) is 28.1 Å². The monoisotopic (exact) mass is 404 g/mol. The summed E-state index contributed by atoms with van der Waals surface area (Å²) in [4.78, 5) is 25.9. The third-order valence-electron chi connectivity index (χ3n) is 3.36. The summed E-state index contributed by atoms with van der Waals surface area (Å²) in [6, 6.07) is 12.3. The fourth-order valence-electron chi connectivity index (χ4n) is 2.20. The van der Waals surface area contributed by atoms with E-state index in [1.54, 1.807) is 18.2 Å². The number of rotatable bonds is 2. The van der Waals surface area contributed by atoms with Crippen LogP contribution in [-0.2, 0) is 4.79 Å². The molecule has 0 spiro atoms. The van der Waals surface area contributed by atoms with Gasteiger partial charge in [0.25, 0.3) is 11.8 Å². The number of carbonyl (C=O) groups excluding carboxylic acids is 2. The second-order valence-corrected chi connectivity index (χ2v) is 6.29. The number of halogens is 2. The van der Waals surface area contributed by atoms with Crippen molar-refractivity contribution >= 4 is 51.2 Å². The summed E-state index contributed by atoms with van der Waals surface area (Å²) in [6.07, 6.45) is 1.57. The van der Waals surface area contributed by atoms with Crippen molar-refractivity contribution < 1.29 is 14.0 Å². The lowest BCUT2D eigenvalue weighted by Crippen LogP contribution is -2.33. The van der Waals surface area contributed by atoms with Crippen LogP contribution < -0.4 is 5.32 Å². The van der Waals surface area contributed by atoms with Crippen molar-refractivity contribution in [1.29, 1.82) is 0 Å². The van der Waals surface area contributed by atoms with Gasteiger partial charge in [0.1, 0.15) is 11.5 Å². The molecule has 4 nitrogen and oxygen atoms in total. The van der Waals surface area contributed by atoms with Gasteiger partial charge in [-0.3, -0.25) is 14.9 Å². The molecule has 0 radical (unpaired) electrons. The topological polar surface area (TPSA) is 49.4 Å². The third kappa shape index (κ3) is 3.27. The molecule has 3 rings (SSSR count). The Kier molecular flexibility index (Phi) is 4.55. The van der Waals surface area contributed by atoms with Crippen molar-refractivity contribution in [3.8, 4) is 0 Å². The van der Waals surface area contributed by atoms with E-state index in [-0.39, 0.29) is 16.4 Å². The van der Waals surface area contributed by atoms with Crippen LogP contribution >= 0.6 is 28.1 Å². The van der Waals surface area contributed by atoms with Gasteiger partial charge in [0, 0.05) is 10.0 Å². The lowest BCUT2D eigenvalue weighted by Gasteiger charge is -2.15. The van der Waals surface area contributed by atoms with E-state index in [4.69, 9.17) is 12.2 Å². The minimum Gasteiger partial charge on any atom is -0.297 e. The summed E-state index contributed by atoms with van der Waals surface area (Å²) >= 11 is 8.42. The maximum absolute atomic E-state index is 13.0. The lowest BCUT2D eigenvalue weighted by atomic mass is 10.1. The van der Waals surface area contributed by atoms with E-state index in [0.29, 0.717) is 0 Å². The smallest absolute Gasteiger partial charge is 0.274 e. The Morgan fingerprint density at radius 2 is 1.75 bits per heavy atom. The third-order valence-corrected chi connectivity index (χ3v) is 4.18. The zero-order valence-electron chi connectivity index (χ0n) is 12.1. The molecule has 0 bridgehead atoms. The largest absolute Gasteiger partial charge is 0.297 e. The predicted molar refractivity (Wildman–Crippen MR) is 95.4 cm³/mol. The zero-order valence-corrected chi connectivity index (χ0v) is 14.5. The van der Waals surface area contributed by atoms with E-state index in [2.05, 4.69) is 21.2 Å². The maximum atomic E-state index is 13.0. The van der Waals surface area contributed by atoms with Crippen molar-refractivity contribution in [2.75, 3.05) is 0 Å². The summed E-state index contributed by atoms with van der Waals surface area (Å²) < 4.78 is 13.9. The fraction of sp³-hybridized carbons (Fsp3) is 0. The van der Waals surface area contributed by atoms with E-state index < -0.39 is 17.6 Å². The molecule has 1 aliphatic heterocycles. The second kappa shape index (κ2) is 6.62. The van der Waals surface area contributed by atoms with E-state index in [1.165, 1.54) is 24.3 Å². The van der Waals surface area contributed by atoms with E-state index in [9.17, 15) is 14.0 Å². The molecule has 0 aliphatic carbocycles. The first-order valence-electron chi connectivity index (χ1n) is 6.88. The molecule has 1 fully saturated rings. The number of nitrogens with one attached hydrogen (secondary N) is 1. The number of amides is 2. The molecule has 24 heavy (non-hydrogen) atoms. The van der Waals surface area contributed by atoms with Crippen molar-refractivity contribution in [3.05, 3.63) is 75.6 Å². The van der Waals surface area contributed by atoms with Gasteiger partial charge in [-0.25, -0.2) is 9.29 Å². The number of benzene rings is 2. The normalized spacial score (nSPS) is 15.8. The summed E-state index contributed by atoms with van der Waals surface area (Å²) in [6.45, 7) is 0. The molecule has 0 atom stereocenters. The highest BCUT2D eigenvalue weighted by atomic mass is 79.9. The molecule has 120 valence electrons. The molecule has 2 amide bonds. The molecule has 1 aliphatic rings. The van der Waals surface area contributed by atoms with Gasteiger partial charge in [-0.15, -0.1) is 0 Å². The summed E-state index contributed by atoms with van der Waals surface area (Å²) in [7, 11) is 0. The highest BCUT2D eigenvalue weighted by Gasteiger charge is 2.35. The number of hydrogen-bond donors (Lipinski definition) is 1. The van der Waals surface area contributed by atoms with E-state index in [1.807, 2.05) is 12.1 Å². The van der Waals surface area contributed by atoms with Crippen LogP contribution in [0.5, 0.6) is 0 Å². The summed E-state index contributed by atoms with van der Waals surface area (Å²) in [5, 5.41) is 2.45. The molecular formula is C17H10BrFN2O2S. The molecule has 0 unspecified atom stereocenters. The maximum Gasteiger partial charge on any atom is 0.274 e. The van der Waals surface area contributed by atoms with Gasteiger partial charge in [-0.05, 0) is 60.3 Å². The molecular weight excluding hydrogens is 395 g/mol. The molecule has 1 saturated heterocycles. The molecule has 1 N–H and O–H groups in total. The van der Waals surface area contributed by atoms with Gasteiger partial charge >= 0.3 is 0 Å². The van der Waals surface area contributed by atoms with Crippen molar-refractivity contribution in [3.63, 3.8) is 0 Å². The fourth-order valence-corrected chi connectivity index (χ4v) is 2.74. The molecule has 2 aromatic rings. The van der Waals surface area contributed by atoms with Gasteiger partial charge in [-0.2, -0.15) is 0 Å². The van der Waals surface area contributed by atoms with Crippen LogP contribution in [0, 0.1) is 5.82 Å². The van der Waals surface area contributed by atoms with Gasteiger partial charge in [0.15, 0.2) is 5.11 Å². The van der Waals surface area contributed by atoms with E-state index in [0.717, 1.165) is 14.9 Å². The molecule has 7 heteroatoms. The number of nitrogens with zero attached hydrogens (tertiary/aromatic N) is 1. The molecule has 2 aromatic carbocycles. The molecule has 0 saturated carbocycles. The van der Waals surface area contributed by atoms with Gasteiger partial charge < -0.3 is 0 Å². The molecule has 1 heterocycles. The highest BCUT2D eigenvalue weighted by molar-refractivity contribution is 9.10. The van der Waals surface area contributed by atoms with Crippen LogP contribution in [0.4, 0.5) is 4.39 Å². The average Bonchev–Trinajstić information content (AvgIpc) is 2.83. The van der Waals surface area contributed by atoms with Gasteiger partial charge in [0.05, 0.1) is 0 Å². The number of carbonyl (C=O) groups is 2. The zero-order chi connectivity index (χ0) is 17.3.